The monoisotopic (exact) mass is 422 g/mol. The van der Waals surface area contributed by atoms with Gasteiger partial charge in [0.25, 0.3) is 5.91 Å². The Bertz CT molecular complexity index is 1220. The number of benzene rings is 2. The van der Waals surface area contributed by atoms with Gasteiger partial charge in [0.1, 0.15) is 11.6 Å². The van der Waals surface area contributed by atoms with Crippen molar-refractivity contribution in [3.63, 3.8) is 0 Å². The summed E-state index contributed by atoms with van der Waals surface area (Å²) in [6.07, 6.45) is 0. The second-order valence-electron chi connectivity index (χ2n) is 6.85. The van der Waals surface area contributed by atoms with E-state index in [1.807, 2.05) is 50.2 Å². The van der Waals surface area contributed by atoms with E-state index >= 15 is 0 Å². The van der Waals surface area contributed by atoms with Crippen LogP contribution in [-0.4, -0.2) is 34.1 Å². The van der Waals surface area contributed by atoms with Gasteiger partial charge in [0.2, 0.25) is 11.9 Å². The third-order valence-electron chi connectivity index (χ3n) is 4.60. The summed E-state index contributed by atoms with van der Waals surface area (Å²) < 4.78 is 19.1. The summed E-state index contributed by atoms with van der Waals surface area (Å²) in [6, 6.07) is 13.1. The van der Waals surface area contributed by atoms with Crippen molar-refractivity contribution in [2.24, 2.45) is 0 Å². The van der Waals surface area contributed by atoms with Gasteiger partial charge < -0.3 is 19.5 Å². The molecule has 2 aromatic heterocycles. The number of ether oxygens (including phenoxy) is 3. The van der Waals surface area contributed by atoms with E-state index in [9.17, 15) is 4.79 Å². The number of para-hydroxylation sites is 1. The van der Waals surface area contributed by atoms with Gasteiger partial charge in [-0.1, -0.05) is 29.5 Å². The van der Waals surface area contributed by atoms with E-state index in [0.29, 0.717) is 28.2 Å². The zero-order chi connectivity index (χ0) is 20.7. The van der Waals surface area contributed by atoms with Crippen LogP contribution in [0, 0.1) is 13.8 Å². The van der Waals surface area contributed by atoms with E-state index < -0.39 is 0 Å². The van der Waals surface area contributed by atoms with Gasteiger partial charge in [0.05, 0.1) is 15.9 Å². The number of carbonyl (C=O) groups excluding carboxylic acids is 1. The maximum absolute atomic E-state index is 12.5. The van der Waals surface area contributed by atoms with Crippen molar-refractivity contribution < 1.29 is 19.0 Å². The van der Waals surface area contributed by atoms with Gasteiger partial charge in [0.15, 0.2) is 18.1 Å². The molecule has 1 N–H and O–H groups in total. The van der Waals surface area contributed by atoms with Crippen LogP contribution in [0.2, 0.25) is 0 Å². The van der Waals surface area contributed by atoms with Crippen LogP contribution in [0.5, 0.6) is 17.2 Å². The number of hydrogen-bond acceptors (Lipinski definition) is 7. The summed E-state index contributed by atoms with van der Waals surface area (Å²) in [7, 11) is 0. The van der Waals surface area contributed by atoms with E-state index in [1.165, 1.54) is 11.3 Å². The first kappa shape index (κ1) is 18.4. The lowest BCUT2D eigenvalue weighted by Crippen LogP contribution is -2.22. The summed E-state index contributed by atoms with van der Waals surface area (Å²) >= 11 is 1.45. The molecule has 152 valence electrons. The van der Waals surface area contributed by atoms with Crippen LogP contribution < -0.4 is 19.5 Å². The number of amides is 1. The normalized spacial score (nSPS) is 12.3. The SMILES string of the molecule is Cc1cc(NC(=O)COc2ccccc2C)n(-c2nc3cc4c(cc3s2)OCO4)n1. The van der Waals surface area contributed by atoms with Crippen LogP contribution in [0.3, 0.4) is 0 Å². The number of rotatable bonds is 5. The van der Waals surface area contributed by atoms with Crippen LogP contribution in [-0.2, 0) is 4.79 Å². The third-order valence-corrected chi connectivity index (χ3v) is 5.60. The molecule has 0 unspecified atom stereocenters. The average molecular weight is 422 g/mol. The number of thiazole rings is 1. The van der Waals surface area contributed by atoms with Crippen LogP contribution >= 0.6 is 11.3 Å². The molecule has 2 aromatic carbocycles. The van der Waals surface area contributed by atoms with Gasteiger partial charge >= 0.3 is 0 Å². The minimum absolute atomic E-state index is 0.101. The fraction of sp³-hybridized carbons (Fsp3) is 0.190. The van der Waals surface area contributed by atoms with Crippen LogP contribution in [0.25, 0.3) is 15.3 Å². The van der Waals surface area contributed by atoms with Gasteiger partial charge in [-0.3, -0.25) is 4.79 Å². The molecule has 0 fully saturated rings. The number of nitrogens with zero attached hydrogens (tertiary/aromatic N) is 3. The van der Waals surface area contributed by atoms with Gasteiger partial charge in [-0.15, -0.1) is 0 Å². The Labute approximate surface area is 176 Å². The van der Waals surface area contributed by atoms with Gasteiger partial charge in [0, 0.05) is 18.2 Å². The Kier molecular flexibility index (Phi) is 4.51. The van der Waals surface area contributed by atoms with Crippen molar-refractivity contribution in [3.05, 3.63) is 53.7 Å². The lowest BCUT2D eigenvalue weighted by Gasteiger charge is -2.09. The summed E-state index contributed by atoms with van der Waals surface area (Å²) in [5.41, 5.74) is 2.52. The van der Waals surface area contributed by atoms with Crippen molar-refractivity contribution in [1.82, 2.24) is 14.8 Å². The summed E-state index contributed by atoms with van der Waals surface area (Å²) in [5.74, 6) is 2.32. The number of carbonyl (C=O) groups is 1. The molecule has 0 aliphatic carbocycles. The molecule has 1 aliphatic rings. The molecule has 1 amide bonds. The first-order valence-corrected chi connectivity index (χ1v) is 10.1. The molecule has 3 heterocycles. The Morgan fingerprint density at radius 1 is 1.20 bits per heavy atom. The lowest BCUT2D eigenvalue weighted by molar-refractivity contribution is -0.118. The van der Waals surface area contributed by atoms with Crippen LogP contribution in [0.4, 0.5) is 5.82 Å². The zero-order valence-corrected chi connectivity index (χ0v) is 17.2. The number of aromatic nitrogens is 3. The molecule has 9 heteroatoms. The number of hydrogen-bond donors (Lipinski definition) is 1. The number of anilines is 1. The van der Waals surface area contributed by atoms with E-state index in [-0.39, 0.29) is 19.3 Å². The predicted octanol–water partition coefficient (Wildman–Crippen LogP) is 3.85. The fourth-order valence-corrected chi connectivity index (χ4v) is 4.11. The Hall–Kier alpha value is -3.59. The van der Waals surface area contributed by atoms with Crippen molar-refractivity contribution >= 4 is 33.3 Å². The van der Waals surface area contributed by atoms with Crippen molar-refractivity contribution in [3.8, 4) is 22.4 Å². The molecule has 0 spiro atoms. The molecular weight excluding hydrogens is 404 g/mol. The Morgan fingerprint density at radius 3 is 2.83 bits per heavy atom. The van der Waals surface area contributed by atoms with E-state index in [4.69, 9.17) is 14.2 Å². The lowest BCUT2D eigenvalue weighted by atomic mass is 10.2. The minimum Gasteiger partial charge on any atom is -0.483 e. The smallest absolute Gasteiger partial charge is 0.263 e. The first-order valence-electron chi connectivity index (χ1n) is 9.32. The molecule has 1 aliphatic heterocycles. The van der Waals surface area contributed by atoms with Crippen LogP contribution in [0.15, 0.2) is 42.5 Å². The largest absolute Gasteiger partial charge is 0.483 e. The first-order chi connectivity index (χ1) is 14.6. The van der Waals surface area contributed by atoms with Crippen molar-refractivity contribution in [2.75, 3.05) is 18.7 Å². The number of fused-ring (bicyclic) bond motifs is 2. The molecule has 0 bridgehead atoms. The van der Waals surface area contributed by atoms with Gasteiger partial charge in [-0.25, -0.2) is 4.98 Å². The highest BCUT2D eigenvalue weighted by Crippen LogP contribution is 2.38. The van der Waals surface area contributed by atoms with Crippen molar-refractivity contribution in [2.45, 2.75) is 13.8 Å². The van der Waals surface area contributed by atoms with Gasteiger partial charge in [-0.05, 0) is 25.5 Å². The highest BCUT2D eigenvalue weighted by molar-refractivity contribution is 7.20. The molecule has 0 radical (unpaired) electrons. The maximum Gasteiger partial charge on any atom is 0.263 e. The number of nitrogens with one attached hydrogen (secondary N) is 1. The minimum atomic E-state index is -0.277. The molecule has 5 rings (SSSR count). The third kappa shape index (κ3) is 3.43. The summed E-state index contributed by atoms with van der Waals surface area (Å²) in [6.45, 7) is 3.92. The summed E-state index contributed by atoms with van der Waals surface area (Å²) in [4.78, 5) is 17.1. The average Bonchev–Trinajstić information content (AvgIpc) is 3.43. The van der Waals surface area contributed by atoms with E-state index in [2.05, 4.69) is 15.4 Å². The zero-order valence-electron chi connectivity index (χ0n) is 16.3. The highest BCUT2D eigenvalue weighted by Gasteiger charge is 2.19. The Morgan fingerprint density at radius 2 is 2.00 bits per heavy atom. The maximum atomic E-state index is 12.5. The molecule has 30 heavy (non-hydrogen) atoms. The molecule has 0 atom stereocenters. The molecule has 0 saturated heterocycles. The topological polar surface area (TPSA) is 87.5 Å². The Balaban J connectivity index is 1.37. The van der Waals surface area contributed by atoms with E-state index in [0.717, 1.165) is 21.5 Å². The second-order valence-corrected chi connectivity index (χ2v) is 7.86. The highest BCUT2D eigenvalue weighted by atomic mass is 32.1. The van der Waals surface area contributed by atoms with Crippen LogP contribution in [0.1, 0.15) is 11.3 Å². The van der Waals surface area contributed by atoms with Crippen molar-refractivity contribution in [1.29, 1.82) is 0 Å². The second kappa shape index (κ2) is 7.34. The summed E-state index contributed by atoms with van der Waals surface area (Å²) in [5, 5.41) is 7.99. The fourth-order valence-electron chi connectivity index (χ4n) is 3.17. The van der Waals surface area contributed by atoms with E-state index in [1.54, 1.807) is 10.7 Å². The number of aryl methyl sites for hydroxylation is 2. The molecule has 0 saturated carbocycles. The standard InChI is InChI=1S/C21H18N4O4S/c1-12-5-3-4-6-15(12)27-10-20(26)23-19-7-13(2)24-25(19)21-22-14-8-16-17(29-11-28-16)9-18(14)30-21/h3-9H,10-11H2,1-2H3,(H,23,26). The predicted molar refractivity (Wildman–Crippen MR) is 113 cm³/mol. The molecule has 8 nitrogen and oxygen atoms in total. The molecule has 4 aromatic rings. The quantitative estimate of drug-likeness (QED) is 0.526. The van der Waals surface area contributed by atoms with Gasteiger partial charge in [-0.2, -0.15) is 9.78 Å². The molecular formula is C21H18N4O4S.